The molecule has 0 bridgehead atoms. The zero-order chi connectivity index (χ0) is 25.6. The van der Waals surface area contributed by atoms with Gasteiger partial charge < -0.3 is 14.9 Å². The number of aliphatic hydroxyl groups excluding tert-OH is 1. The van der Waals surface area contributed by atoms with E-state index in [4.69, 9.17) is 16.3 Å². The van der Waals surface area contributed by atoms with Crippen LogP contribution in [0, 0.1) is 0 Å². The molecule has 4 aromatic rings. The van der Waals surface area contributed by atoms with Gasteiger partial charge in [0.1, 0.15) is 11.5 Å². The second-order valence-electron chi connectivity index (χ2n) is 7.79. The minimum Gasteiger partial charge on any atom is -0.507 e. The standard InChI is InChI=1S/C25H16ClN3O6S/c1-35-17-9-12(4-6-15(17)26)21(30)19-20(14-3-2-8-27-11-14)29(23(32)22(19)31)25-28-16-7-5-13(24(33)34)10-18(16)36-25/h2-11,20,30H,1H3,(H,33,34)/b21-19+. The second kappa shape index (κ2) is 9.06. The van der Waals surface area contributed by atoms with Gasteiger partial charge >= 0.3 is 11.9 Å². The number of anilines is 1. The van der Waals surface area contributed by atoms with Crippen molar-refractivity contribution in [1.82, 2.24) is 9.97 Å². The first-order valence-corrected chi connectivity index (χ1v) is 11.7. The lowest BCUT2D eigenvalue weighted by Gasteiger charge is -2.22. The number of aliphatic hydroxyl groups is 1. The van der Waals surface area contributed by atoms with Crippen molar-refractivity contribution in [2.24, 2.45) is 0 Å². The number of amides is 1. The molecule has 1 atom stereocenters. The number of ether oxygens (including phenoxy) is 1. The molecule has 5 rings (SSSR count). The summed E-state index contributed by atoms with van der Waals surface area (Å²) in [5, 5.41) is 21.0. The van der Waals surface area contributed by atoms with Crippen molar-refractivity contribution < 1.29 is 29.3 Å². The number of nitrogens with zero attached hydrogens (tertiary/aromatic N) is 3. The molecular weight excluding hydrogens is 506 g/mol. The summed E-state index contributed by atoms with van der Waals surface area (Å²) in [6, 6.07) is 11.2. The number of carboxylic acids is 1. The summed E-state index contributed by atoms with van der Waals surface area (Å²) in [5.41, 5.74) is 1.10. The number of hydrogen-bond acceptors (Lipinski definition) is 8. The van der Waals surface area contributed by atoms with E-state index in [1.807, 2.05) is 0 Å². The zero-order valence-electron chi connectivity index (χ0n) is 18.5. The number of thiazole rings is 1. The number of rotatable bonds is 5. The van der Waals surface area contributed by atoms with Crippen molar-refractivity contribution >= 4 is 61.7 Å². The van der Waals surface area contributed by atoms with E-state index in [9.17, 15) is 24.6 Å². The summed E-state index contributed by atoms with van der Waals surface area (Å²) in [6.07, 6.45) is 3.04. The molecule has 9 nitrogen and oxygen atoms in total. The number of hydrogen-bond donors (Lipinski definition) is 2. The number of carbonyl (C=O) groups excluding carboxylic acids is 2. The lowest BCUT2D eigenvalue weighted by Crippen LogP contribution is -2.29. The first kappa shape index (κ1) is 23.5. The van der Waals surface area contributed by atoms with Crippen LogP contribution < -0.4 is 9.64 Å². The number of methoxy groups -OCH3 is 1. The van der Waals surface area contributed by atoms with Crippen LogP contribution in [0.15, 0.2) is 66.5 Å². The van der Waals surface area contributed by atoms with Crippen LogP contribution in [-0.4, -0.2) is 45.0 Å². The Labute approximate surface area is 212 Å². The molecule has 2 aromatic carbocycles. The quantitative estimate of drug-likeness (QED) is 0.220. The number of fused-ring (bicyclic) bond motifs is 1. The van der Waals surface area contributed by atoms with Crippen molar-refractivity contribution in [3.63, 3.8) is 0 Å². The fraction of sp³-hybridized carbons (Fsp3) is 0.0800. The number of halogens is 1. The predicted octanol–water partition coefficient (Wildman–Crippen LogP) is 4.68. The van der Waals surface area contributed by atoms with Gasteiger partial charge in [0.25, 0.3) is 5.78 Å². The Kier molecular flexibility index (Phi) is 5.91. The first-order valence-electron chi connectivity index (χ1n) is 10.5. The van der Waals surface area contributed by atoms with Crippen molar-refractivity contribution in [2.45, 2.75) is 6.04 Å². The highest BCUT2D eigenvalue weighted by Crippen LogP contribution is 2.44. The lowest BCUT2D eigenvalue weighted by molar-refractivity contribution is -0.132. The maximum absolute atomic E-state index is 13.3. The molecule has 2 aromatic heterocycles. The second-order valence-corrected chi connectivity index (χ2v) is 9.21. The molecule has 180 valence electrons. The SMILES string of the molecule is COc1cc(/C(O)=C2\C(=O)C(=O)N(c3nc4ccc(C(=O)O)cc4s3)C2c2cccnc2)ccc1Cl. The average Bonchev–Trinajstić information content (AvgIpc) is 3.42. The summed E-state index contributed by atoms with van der Waals surface area (Å²) in [6.45, 7) is 0. The fourth-order valence-electron chi connectivity index (χ4n) is 3.99. The Morgan fingerprint density at radius 3 is 2.58 bits per heavy atom. The number of aromatic nitrogens is 2. The smallest absolute Gasteiger partial charge is 0.335 e. The van der Waals surface area contributed by atoms with Crippen molar-refractivity contribution in [1.29, 1.82) is 0 Å². The molecule has 2 N–H and O–H groups in total. The van der Waals surface area contributed by atoms with Gasteiger partial charge in [-0.3, -0.25) is 19.5 Å². The zero-order valence-corrected chi connectivity index (χ0v) is 20.1. The molecular formula is C25H16ClN3O6S. The molecule has 0 aliphatic carbocycles. The van der Waals surface area contributed by atoms with Crippen LogP contribution in [0.4, 0.5) is 5.13 Å². The Hall–Kier alpha value is -4.28. The van der Waals surface area contributed by atoms with E-state index in [0.717, 1.165) is 11.3 Å². The largest absolute Gasteiger partial charge is 0.507 e. The highest BCUT2D eigenvalue weighted by Gasteiger charge is 2.48. The van der Waals surface area contributed by atoms with Crippen molar-refractivity contribution in [3.05, 3.63) is 88.2 Å². The van der Waals surface area contributed by atoms with Crippen LogP contribution in [0.5, 0.6) is 5.75 Å². The average molecular weight is 522 g/mol. The number of carbonyl (C=O) groups is 3. The minimum absolute atomic E-state index is 0.0697. The van der Waals surface area contributed by atoms with Gasteiger partial charge in [-0.1, -0.05) is 29.0 Å². The third-order valence-electron chi connectivity index (χ3n) is 5.70. The predicted molar refractivity (Wildman–Crippen MR) is 134 cm³/mol. The fourth-order valence-corrected chi connectivity index (χ4v) is 5.22. The minimum atomic E-state index is -1.10. The molecule has 0 spiro atoms. The third kappa shape index (κ3) is 3.86. The van der Waals surface area contributed by atoms with Crippen molar-refractivity contribution in [2.75, 3.05) is 12.0 Å². The molecule has 11 heteroatoms. The number of aromatic carboxylic acids is 1. The van der Waals surface area contributed by atoms with Gasteiger partial charge in [-0.15, -0.1) is 0 Å². The van der Waals surface area contributed by atoms with E-state index >= 15 is 0 Å². The van der Waals surface area contributed by atoms with E-state index < -0.39 is 29.5 Å². The summed E-state index contributed by atoms with van der Waals surface area (Å²) in [4.78, 5) is 47.7. The molecule has 1 fully saturated rings. The molecule has 1 amide bonds. The molecule has 1 aliphatic rings. The summed E-state index contributed by atoms with van der Waals surface area (Å²) >= 11 is 7.17. The number of ketones is 1. The molecule has 36 heavy (non-hydrogen) atoms. The monoisotopic (exact) mass is 521 g/mol. The maximum Gasteiger partial charge on any atom is 0.335 e. The van der Waals surface area contributed by atoms with E-state index in [0.29, 0.717) is 20.8 Å². The van der Waals surface area contributed by atoms with E-state index in [1.165, 1.54) is 54.6 Å². The van der Waals surface area contributed by atoms with Gasteiger partial charge in [-0.2, -0.15) is 0 Å². The third-order valence-corrected chi connectivity index (χ3v) is 7.03. The van der Waals surface area contributed by atoms with Crippen molar-refractivity contribution in [3.8, 4) is 5.75 Å². The van der Waals surface area contributed by atoms with Gasteiger partial charge in [-0.25, -0.2) is 9.78 Å². The van der Waals surface area contributed by atoms with Crippen LogP contribution in [0.3, 0.4) is 0 Å². The molecule has 1 saturated heterocycles. The van der Waals surface area contributed by atoms with Crippen LogP contribution in [0.25, 0.3) is 16.0 Å². The number of Topliss-reactive ketones (excluding diaryl/α,β-unsaturated/α-hetero) is 1. The topological polar surface area (TPSA) is 130 Å². The maximum atomic E-state index is 13.3. The van der Waals surface area contributed by atoms with Crippen LogP contribution >= 0.6 is 22.9 Å². The summed E-state index contributed by atoms with van der Waals surface area (Å²) < 4.78 is 5.75. The van der Waals surface area contributed by atoms with Gasteiger partial charge in [0, 0.05) is 18.0 Å². The summed E-state index contributed by atoms with van der Waals surface area (Å²) in [7, 11) is 1.42. The normalized spacial score (nSPS) is 17.1. The Bertz CT molecular complexity index is 1580. The highest BCUT2D eigenvalue weighted by molar-refractivity contribution is 7.22. The number of benzene rings is 2. The van der Waals surface area contributed by atoms with E-state index in [1.54, 1.807) is 18.3 Å². The Balaban J connectivity index is 1.71. The number of pyridine rings is 1. The van der Waals surface area contributed by atoms with Gasteiger partial charge in [0.15, 0.2) is 5.13 Å². The first-order chi connectivity index (χ1) is 17.3. The summed E-state index contributed by atoms with van der Waals surface area (Å²) in [5.74, 6) is -3.01. The lowest BCUT2D eigenvalue weighted by atomic mass is 9.96. The van der Waals surface area contributed by atoms with Gasteiger partial charge in [-0.05, 0) is 48.0 Å². The number of carboxylic acid groups (broad SMARTS) is 1. The van der Waals surface area contributed by atoms with Gasteiger partial charge in [0.05, 0.1) is 39.5 Å². The van der Waals surface area contributed by atoms with E-state index in [-0.39, 0.29) is 27.6 Å². The Morgan fingerprint density at radius 1 is 1.11 bits per heavy atom. The Morgan fingerprint density at radius 2 is 1.89 bits per heavy atom. The molecule has 1 aliphatic heterocycles. The van der Waals surface area contributed by atoms with Crippen LogP contribution in [-0.2, 0) is 9.59 Å². The molecule has 0 saturated carbocycles. The van der Waals surface area contributed by atoms with Gasteiger partial charge in [0.2, 0.25) is 0 Å². The van der Waals surface area contributed by atoms with E-state index in [2.05, 4.69) is 9.97 Å². The molecule has 3 heterocycles. The molecule has 0 radical (unpaired) electrons. The van der Waals surface area contributed by atoms with Crippen LogP contribution in [0.1, 0.15) is 27.5 Å². The molecule has 1 unspecified atom stereocenters. The van der Waals surface area contributed by atoms with Crippen LogP contribution in [0.2, 0.25) is 5.02 Å². The highest BCUT2D eigenvalue weighted by atomic mass is 35.5.